The lowest BCUT2D eigenvalue weighted by molar-refractivity contribution is -0.130. The number of carbonyl (C=O) groups is 2. The first-order chi connectivity index (χ1) is 18.3. The number of aromatic nitrogens is 2. The van der Waals surface area contributed by atoms with E-state index in [-0.39, 0.29) is 33.6 Å². The van der Waals surface area contributed by atoms with Crippen molar-refractivity contribution in [2.24, 2.45) is 4.99 Å². The normalized spacial score (nSPS) is 18.7. The summed E-state index contributed by atoms with van der Waals surface area (Å²) in [5, 5.41) is 3.36. The van der Waals surface area contributed by atoms with E-state index in [2.05, 4.69) is 26.3 Å². The molecule has 7 rings (SSSR count). The molecule has 1 fully saturated rings. The largest absolute Gasteiger partial charge is 0.338 e. The number of aliphatic imine (C=N–C) groups is 1. The molecule has 4 heterocycles. The van der Waals surface area contributed by atoms with Crippen LogP contribution in [-0.4, -0.2) is 52.3 Å². The summed E-state index contributed by atoms with van der Waals surface area (Å²) in [7, 11) is 0. The van der Waals surface area contributed by atoms with Crippen molar-refractivity contribution >= 4 is 52.5 Å². The Morgan fingerprint density at radius 3 is 2.82 bits per heavy atom. The van der Waals surface area contributed by atoms with Gasteiger partial charge in [0.2, 0.25) is 17.8 Å². The standard InChI is InChI=1S/C27H23ClFN7O2/c1-15(37)34-13-16-11-17(5-6-19(16)27(14-34)7-8-27)32-25-31-12-18-23(33-25)35-10-9-30-26(35)36(24(18)38)22-20(28)3-2-4-21(22)29/h2-6,11-12H,7-10,13-14H2,1H3,(H,31,32,33). The highest BCUT2D eigenvalue weighted by atomic mass is 35.5. The minimum Gasteiger partial charge on any atom is -0.338 e. The molecule has 0 saturated heterocycles. The van der Waals surface area contributed by atoms with Gasteiger partial charge in [-0.25, -0.2) is 14.3 Å². The number of nitrogens with zero attached hydrogens (tertiary/aromatic N) is 6. The van der Waals surface area contributed by atoms with Gasteiger partial charge in [0, 0.05) is 43.9 Å². The Morgan fingerprint density at radius 1 is 1.21 bits per heavy atom. The number of guanidine groups is 1. The maximum atomic E-state index is 14.8. The SMILES string of the molecule is CC(=O)N1Cc2cc(Nc3ncc4c(n3)N3CCN=C3N(c3c(F)cccc3Cl)C4=O)ccc2C2(CC2)C1. The molecule has 3 aromatic rings. The second kappa shape index (κ2) is 8.22. The molecule has 1 aromatic heterocycles. The Morgan fingerprint density at radius 2 is 2.05 bits per heavy atom. The van der Waals surface area contributed by atoms with Gasteiger partial charge in [-0.2, -0.15) is 4.98 Å². The number of nitrogens with one attached hydrogen (secondary N) is 1. The zero-order valence-electron chi connectivity index (χ0n) is 20.5. The third kappa shape index (κ3) is 3.47. The summed E-state index contributed by atoms with van der Waals surface area (Å²) in [5.74, 6) is -0.0237. The first-order valence-corrected chi connectivity index (χ1v) is 12.9. The molecule has 1 N–H and O–H groups in total. The van der Waals surface area contributed by atoms with Crippen molar-refractivity contribution in [1.82, 2.24) is 14.9 Å². The molecular formula is C27H23ClFN7O2. The van der Waals surface area contributed by atoms with Crippen LogP contribution in [-0.2, 0) is 16.8 Å². The van der Waals surface area contributed by atoms with Gasteiger partial charge in [0.15, 0.2) is 5.82 Å². The lowest BCUT2D eigenvalue weighted by Gasteiger charge is -2.35. The molecule has 0 atom stereocenters. The van der Waals surface area contributed by atoms with Crippen LogP contribution in [0.4, 0.5) is 27.5 Å². The molecule has 1 spiro atoms. The minimum absolute atomic E-state index is 0.0419. The zero-order chi connectivity index (χ0) is 26.2. The van der Waals surface area contributed by atoms with Gasteiger partial charge in [0.1, 0.15) is 17.1 Å². The van der Waals surface area contributed by atoms with Crippen LogP contribution in [0.25, 0.3) is 0 Å². The smallest absolute Gasteiger partial charge is 0.270 e. The van der Waals surface area contributed by atoms with Crippen LogP contribution in [0.5, 0.6) is 0 Å². The van der Waals surface area contributed by atoms with Crippen molar-refractivity contribution in [3.8, 4) is 0 Å². The molecule has 38 heavy (non-hydrogen) atoms. The molecule has 2 amide bonds. The van der Waals surface area contributed by atoms with Crippen molar-refractivity contribution in [3.05, 3.63) is 70.1 Å². The van der Waals surface area contributed by atoms with E-state index >= 15 is 0 Å². The average Bonchev–Trinajstić information content (AvgIpc) is 3.48. The van der Waals surface area contributed by atoms with E-state index in [1.165, 1.54) is 34.9 Å². The third-order valence-electron chi connectivity index (χ3n) is 7.72. The van der Waals surface area contributed by atoms with E-state index < -0.39 is 11.7 Å². The molecule has 1 saturated carbocycles. The first-order valence-electron chi connectivity index (χ1n) is 12.5. The van der Waals surface area contributed by atoms with Crippen molar-refractivity contribution in [3.63, 3.8) is 0 Å². The van der Waals surface area contributed by atoms with Crippen LogP contribution in [0, 0.1) is 5.82 Å². The summed E-state index contributed by atoms with van der Waals surface area (Å²) in [6, 6.07) is 10.5. The van der Waals surface area contributed by atoms with Gasteiger partial charge >= 0.3 is 0 Å². The third-order valence-corrected chi connectivity index (χ3v) is 8.03. The molecule has 1 aliphatic carbocycles. The second-order valence-corrected chi connectivity index (χ2v) is 10.5. The predicted octanol–water partition coefficient (Wildman–Crippen LogP) is 4.24. The monoisotopic (exact) mass is 531 g/mol. The maximum absolute atomic E-state index is 14.8. The summed E-state index contributed by atoms with van der Waals surface area (Å²) in [4.78, 5) is 44.0. The number of fused-ring (bicyclic) bond motifs is 5. The van der Waals surface area contributed by atoms with E-state index in [1.807, 2.05) is 17.0 Å². The van der Waals surface area contributed by atoms with Crippen molar-refractivity contribution in [2.75, 3.05) is 34.8 Å². The second-order valence-electron chi connectivity index (χ2n) is 10.1. The van der Waals surface area contributed by atoms with Crippen LogP contribution in [0.2, 0.25) is 5.02 Å². The molecule has 11 heteroatoms. The van der Waals surface area contributed by atoms with E-state index in [0.717, 1.165) is 30.6 Å². The predicted molar refractivity (Wildman–Crippen MR) is 142 cm³/mol. The van der Waals surface area contributed by atoms with Crippen LogP contribution in [0.15, 0.2) is 47.6 Å². The molecule has 0 radical (unpaired) electrons. The zero-order valence-corrected chi connectivity index (χ0v) is 21.3. The highest BCUT2D eigenvalue weighted by Crippen LogP contribution is 2.52. The number of hydrogen-bond donors (Lipinski definition) is 1. The van der Waals surface area contributed by atoms with Gasteiger partial charge in [-0.3, -0.25) is 19.5 Å². The number of para-hydroxylation sites is 1. The Kier molecular flexibility index (Phi) is 5.00. The van der Waals surface area contributed by atoms with E-state index in [1.54, 1.807) is 11.8 Å². The molecule has 2 aromatic carbocycles. The first kappa shape index (κ1) is 23.1. The number of anilines is 4. The number of rotatable bonds is 3. The fourth-order valence-electron chi connectivity index (χ4n) is 5.69. The van der Waals surface area contributed by atoms with Gasteiger partial charge in [-0.05, 0) is 48.2 Å². The molecule has 0 bridgehead atoms. The van der Waals surface area contributed by atoms with E-state index in [4.69, 9.17) is 11.6 Å². The number of carbonyl (C=O) groups excluding carboxylic acids is 2. The van der Waals surface area contributed by atoms with Crippen molar-refractivity contribution in [1.29, 1.82) is 0 Å². The summed E-state index contributed by atoms with van der Waals surface area (Å²) >= 11 is 6.29. The molecule has 0 unspecified atom stereocenters. The molecule has 3 aliphatic heterocycles. The summed E-state index contributed by atoms with van der Waals surface area (Å²) in [6.07, 6.45) is 3.62. The van der Waals surface area contributed by atoms with Gasteiger partial charge in [-0.1, -0.05) is 23.7 Å². The fraction of sp³-hybridized carbons (Fsp3) is 0.296. The topological polar surface area (TPSA) is 94.0 Å². The summed E-state index contributed by atoms with van der Waals surface area (Å²) in [5.41, 5.74) is 3.49. The van der Waals surface area contributed by atoms with Crippen LogP contribution < -0.4 is 15.1 Å². The lowest BCUT2D eigenvalue weighted by Crippen LogP contribution is -2.51. The van der Waals surface area contributed by atoms with Crippen LogP contribution >= 0.6 is 11.6 Å². The Hall–Kier alpha value is -4.05. The lowest BCUT2D eigenvalue weighted by atomic mass is 9.86. The molecular weight excluding hydrogens is 509 g/mol. The Bertz CT molecular complexity index is 1550. The maximum Gasteiger partial charge on any atom is 0.270 e. The molecule has 192 valence electrons. The van der Waals surface area contributed by atoms with Crippen molar-refractivity contribution < 1.29 is 14.0 Å². The highest BCUT2D eigenvalue weighted by molar-refractivity contribution is 6.38. The fourth-order valence-corrected chi connectivity index (χ4v) is 5.94. The number of benzene rings is 2. The average molecular weight is 532 g/mol. The van der Waals surface area contributed by atoms with Crippen LogP contribution in [0.3, 0.4) is 0 Å². The summed E-state index contributed by atoms with van der Waals surface area (Å²) < 4.78 is 14.8. The summed E-state index contributed by atoms with van der Waals surface area (Å²) in [6.45, 7) is 3.87. The van der Waals surface area contributed by atoms with E-state index in [0.29, 0.717) is 31.4 Å². The van der Waals surface area contributed by atoms with Crippen molar-refractivity contribution in [2.45, 2.75) is 31.7 Å². The molecule has 4 aliphatic rings. The number of halogens is 2. The van der Waals surface area contributed by atoms with E-state index in [9.17, 15) is 14.0 Å². The minimum atomic E-state index is -0.619. The van der Waals surface area contributed by atoms with Crippen LogP contribution in [0.1, 0.15) is 41.3 Å². The Labute approximate surface area is 222 Å². The van der Waals surface area contributed by atoms with Gasteiger partial charge < -0.3 is 10.2 Å². The number of hydrogen-bond acceptors (Lipinski definition) is 7. The molecule has 9 nitrogen and oxygen atoms in total. The quantitative estimate of drug-likeness (QED) is 0.543. The highest BCUT2D eigenvalue weighted by Gasteiger charge is 2.49. The van der Waals surface area contributed by atoms with Gasteiger partial charge in [-0.15, -0.1) is 0 Å². The van der Waals surface area contributed by atoms with Gasteiger partial charge in [0.05, 0.1) is 11.6 Å². The number of amides is 2. The Balaban J connectivity index is 1.22. The van der Waals surface area contributed by atoms with Gasteiger partial charge in [0.25, 0.3) is 5.91 Å².